The molecule has 0 spiro atoms. The van der Waals surface area contributed by atoms with E-state index in [1.54, 1.807) is 0 Å². The minimum atomic E-state index is 0.412. The molecule has 1 saturated heterocycles. The fourth-order valence-electron chi connectivity index (χ4n) is 2.10. The van der Waals surface area contributed by atoms with E-state index < -0.39 is 0 Å². The molecule has 0 saturated carbocycles. The van der Waals surface area contributed by atoms with Gasteiger partial charge in [-0.2, -0.15) is 0 Å². The Kier molecular flexibility index (Phi) is 4.36. The number of hydrogen-bond acceptors (Lipinski definition) is 3. The SMILES string of the molecule is CCCn1ccnc1CNC[C@H]1CCCO1. The highest BCUT2D eigenvalue weighted by Crippen LogP contribution is 2.10. The van der Waals surface area contributed by atoms with Gasteiger partial charge in [0.05, 0.1) is 12.6 Å². The Bertz CT molecular complexity index is 305. The second-order valence-electron chi connectivity index (χ2n) is 4.30. The predicted molar refractivity (Wildman–Crippen MR) is 63.2 cm³/mol. The third-order valence-electron chi connectivity index (χ3n) is 2.95. The second kappa shape index (κ2) is 6.01. The molecule has 1 aromatic heterocycles. The molecule has 1 aliphatic heterocycles. The van der Waals surface area contributed by atoms with Gasteiger partial charge in [0.2, 0.25) is 0 Å². The molecule has 1 N–H and O–H groups in total. The molecule has 4 nitrogen and oxygen atoms in total. The molecule has 0 bridgehead atoms. The first-order valence-corrected chi connectivity index (χ1v) is 6.22. The van der Waals surface area contributed by atoms with Crippen molar-refractivity contribution in [2.24, 2.45) is 0 Å². The number of ether oxygens (including phenoxy) is 1. The molecule has 2 rings (SSSR count). The molecule has 4 heteroatoms. The maximum atomic E-state index is 5.56. The van der Waals surface area contributed by atoms with Gasteiger partial charge in [0.25, 0.3) is 0 Å². The minimum Gasteiger partial charge on any atom is -0.377 e. The largest absolute Gasteiger partial charge is 0.377 e. The number of imidazole rings is 1. The Labute approximate surface area is 97.0 Å². The number of aryl methyl sites for hydroxylation is 1. The van der Waals surface area contributed by atoms with Crippen LogP contribution in [-0.4, -0.2) is 28.8 Å². The topological polar surface area (TPSA) is 39.1 Å². The standard InChI is InChI=1S/C12H21N3O/c1-2-6-15-7-5-14-12(15)10-13-9-11-4-3-8-16-11/h5,7,11,13H,2-4,6,8-10H2,1H3/t11-/m1/s1. The van der Waals surface area contributed by atoms with Crippen LogP contribution in [0.15, 0.2) is 12.4 Å². The highest BCUT2D eigenvalue weighted by molar-refractivity contribution is 4.92. The lowest BCUT2D eigenvalue weighted by Crippen LogP contribution is -2.27. The van der Waals surface area contributed by atoms with Crippen molar-refractivity contribution < 1.29 is 4.74 Å². The van der Waals surface area contributed by atoms with Crippen molar-refractivity contribution in [3.05, 3.63) is 18.2 Å². The van der Waals surface area contributed by atoms with Gasteiger partial charge in [0.15, 0.2) is 0 Å². The van der Waals surface area contributed by atoms with Gasteiger partial charge in [-0.1, -0.05) is 6.92 Å². The van der Waals surface area contributed by atoms with E-state index in [2.05, 4.69) is 21.8 Å². The number of nitrogens with one attached hydrogen (secondary N) is 1. The molecule has 90 valence electrons. The van der Waals surface area contributed by atoms with Crippen molar-refractivity contribution in [1.29, 1.82) is 0 Å². The summed E-state index contributed by atoms with van der Waals surface area (Å²) in [6.45, 7) is 5.95. The van der Waals surface area contributed by atoms with Crippen LogP contribution >= 0.6 is 0 Å². The molecule has 1 atom stereocenters. The Balaban J connectivity index is 1.73. The van der Waals surface area contributed by atoms with E-state index in [0.717, 1.165) is 38.5 Å². The maximum absolute atomic E-state index is 5.56. The summed E-state index contributed by atoms with van der Waals surface area (Å²) in [5.41, 5.74) is 0. The van der Waals surface area contributed by atoms with E-state index in [1.165, 1.54) is 12.8 Å². The molecule has 2 heterocycles. The van der Waals surface area contributed by atoms with Crippen LogP contribution in [0.3, 0.4) is 0 Å². The summed E-state index contributed by atoms with van der Waals surface area (Å²) >= 11 is 0. The predicted octanol–water partition coefficient (Wildman–Crippen LogP) is 1.56. The van der Waals surface area contributed by atoms with Crippen LogP contribution in [0.5, 0.6) is 0 Å². The normalized spacial score (nSPS) is 20.4. The lowest BCUT2D eigenvalue weighted by Gasteiger charge is -2.11. The average molecular weight is 223 g/mol. The van der Waals surface area contributed by atoms with Crippen molar-refractivity contribution in [1.82, 2.24) is 14.9 Å². The molecular weight excluding hydrogens is 202 g/mol. The molecule has 1 aliphatic rings. The van der Waals surface area contributed by atoms with E-state index in [-0.39, 0.29) is 0 Å². The molecule has 0 amide bonds. The molecule has 0 radical (unpaired) electrons. The number of aromatic nitrogens is 2. The molecule has 1 fully saturated rings. The average Bonchev–Trinajstić information content (AvgIpc) is 2.91. The summed E-state index contributed by atoms with van der Waals surface area (Å²) in [6.07, 6.45) is 7.88. The Morgan fingerprint density at radius 3 is 3.31 bits per heavy atom. The van der Waals surface area contributed by atoms with E-state index in [1.807, 2.05) is 12.4 Å². The van der Waals surface area contributed by atoms with E-state index >= 15 is 0 Å². The number of nitrogens with zero attached hydrogens (tertiary/aromatic N) is 2. The molecule has 0 aliphatic carbocycles. The van der Waals surface area contributed by atoms with Gasteiger partial charge in [0.1, 0.15) is 5.82 Å². The summed E-state index contributed by atoms with van der Waals surface area (Å²) in [5, 5.41) is 3.42. The third-order valence-corrected chi connectivity index (χ3v) is 2.95. The van der Waals surface area contributed by atoms with Gasteiger partial charge < -0.3 is 14.6 Å². The summed E-state index contributed by atoms with van der Waals surface area (Å²) in [6, 6.07) is 0. The summed E-state index contributed by atoms with van der Waals surface area (Å²) < 4.78 is 7.77. The van der Waals surface area contributed by atoms with Crippen LogP contribution < -0.4 is 5.32 Å². The summed E-state index contributed by atoms with van der Waals surface area (Å²) in [4.78, 5) is 4.36. The highest BCUT2D eigenvalue weighted by Gasteiger charge is 2.14. The van der Waals surface area contributed by atoms with Gasteiger partial charge in [0, 0.05) is 32.1 Å². The van der Waals surface area contributed by atoms with Crippen LogP contribution in [0.25, 0.3) is 0 Å². The third kappa shape index (κ3) is 3.06. The van der Waals surface area contributed by atoms with Crippen molar-refractivity contribution in [3.63, 3.8) is 0 Å². The van der Waals surface area contributed by atoms with Crippen LogP contribution in [0, 0.1) is 0 Å². The zero-order chi connectivity index (χ0) is 11.2. The van der Waals surface area contributed by atoms with E-state index in [9.17, 15) is 0 Å². The molecular formula is C12H21N3O. The van der Waals surface area contributed by atoms with Gasteiger partial charge in [-0.05, 0) is 19.3 Å². The first-order valence-electron chi connectivity index (χ1n) is 6.22. The van der Waals surface area contributed by atoms with Crippen molar-refractivity contribution in [2.45, 2.75) is 45.4 Å². The van der Waals surface area contributed by atoms with Gasteiger partial charge >= 0.3 is 0 Å². The van der Waals surface area contributed by atoms with E-state index in [0.29, 0.717) is 6.10 Å². The summed E-state index contributed by atoms with van der Waals surface area (Å²) in [7, 11) is 0. The second-order valence-corrected chi connectivity index (χ2v) is 4.30. The van der Waals surface area contributed by atoms with Gasteiger partial charge in [-0.25, -0.2) is 4.98 Å². The Hall–Kier alpha value is -0.870. The molecule has 0 aromatic carbocycles. The van der Waals surface area contributed by atoms with Crippen LogP contribution in [0.2, 0.25) is 0 Å². The zero-order valence-corrected chi connectivity index (χ0v) is 9.98. The van der Waals surface area contributed by atoms with Crippen LogP contribution in [-0.2, 0) is 17.8 Å². The van der Waals surface area contributed by atoms with Gasteiger partial charge in [-0.3, -0.25) is 0 Å². The first-order chi connectivity index (χ1) is 7.90. The number of hydrogen-bond donors (Lipinski definition) is 1. The first kappa shape index (κ1) is 11.6. The Morgan fingerprint density at radius 1 is 1.62 bits per heavy atom. The fourth-order valence-corrected chi connectivity index (χ4v) is 2.10. The van der Waals surface area contributed by atoms with Gasteiger partial charge in [-0.15, -0.1) is 0 Å². The van der Waals surface area contributed by atoms with E-state index in [4.69, 9.17) is 4.74 Å². The minimum absolute atomic E-state index is 0.412. The van der Waals surface area contributed by atoms with Crippen LogP contribution in [0.4, 0.5) is 0 Å². The monoisotopic (exact) mass is 223 g/mol. The smallest absolute Gasteiger partial charge is 0.122 e. The lowest BCUT2D eigenvalue weighted by molar-refractivity contribution is 0.109. The van der Waals surface area contributed by atoms with Crippen molar-refractivity contribution >= 4 is 0 Å². The fraction of sp³-hybridized carbons (Fsp3) is 0.750. The van der Waals surface area contributed by atoms with Crippen molar-refractivity contribution in [3.8, 4) is 0 Å². The van der Waals surface area contributed by atoms with Crippen LogP contribution in [0.1, 0.15) is 32.0 Å². The summed E-state index contributed by atoms with van der Waals surface area (Å²) in [5.74, 6) is 1.12. The quantitative estimate of drug-likeness (QED) is 0.795. The molecule has 1 aromatic rings. The maximum Gasteiger partial charge on any atom is 0.122 e. The Morgan fingerprint density at radius 2 is 2.56 bits per heavy atom. The molecule has 16 heavy (non-hydrogen) atoms. The lowest BCUT2D eigenvalue weighted by atomic mass is 10.2. The zero-order valence-electron chi connectivity index (χ0n) is 9.98. The molecule has 0 unspecified atom stereocenters. The number of rotatable bonds is 6. The highest BCUT2D eigenvalue weighted by atomic mass is 16.5. The van der Waals surface area contributed by atoms with Crippen molar-refractivity contribution in [2.75, 3.05) is 13.2 Å².